The molecule has 5 rings (SSSR count). The van der Waals surface area contributed by atoms with Crippen molar-refractivity contribution in [1.29, 1.82) is 0 Å². The Morgan fingerprint density at radius 3 is 2.41 bits per heavy atom. The largest absolute Gasteiger partial charge is 0.619 e. The number of hydrogen-bond donors (Lipinski definition) is 1. The molecule has 3 heterocycles. The number of likely N-dealkylation sites (tertiary alicyclic amines) is 2. The smallest absolute Gasteiger partial charge is 0.229 e. The fourth-order valence-corrected chi connectivity index (χ4v) is 5.44. The molecule has 1 N–H and O–H groups in total. The van der Waals surface area contributed by atoms with Gasteiger partial charge in [-0.1, -0.05) is 30.3 Å². The van der Waals surface area contributed by atoms with Crippen LogP contribution in [0, 0.1) is 16.5 Å². The molecule has 34 heavy (non-hydrogen) atoms. The highest BCUT2D eigenvalue weighted by Gasteiger charge is 2.47. The number of carbonyl (C=O) groups excluding carboxylic acids is 2. The minimum Gasteiger partial charge on any atom is -0.619 e. The first kappa shape index (κ1) is 22.8. The molecule has 3 fully saturated rings. The number of nitrogens with one attached hydrogen (secondary N) is 1. The van der Waals surface area contributed by atoms with Crippen LogP contribution in [0.1, 0.15) is 55.7 Å². The van der Waals surface area contributed by atoms with Gasteiger partial charge in [-0.05, 0) is 62.7 Å². The van der Waals surface area contributed by atoms with Crippen LogP contribution in [0.3, 0.4) is 0 Å². The highest BCUT2D eigenvalue weighted by atomic mass is 16.5. The van der Waals surface area contributed by atoms with E-state index < -0.39 is 0 Å². The highest BCUT2D eigenvalue weighted by molar-refractivity contribution is 5.85. The van der Waals surface area contributed by atoms with Gasteiger partial charge in [-0.2, -0.15) is 4.73 Å². The lowest BCUT2D eigenvalue weighted by Gasteiger charge is -2.38. The first-order valence-corrected chi connectivity index (χ1v) is 12.6. The van der Waals surface area contributed by atoms with Gasteiger partial charge >= 0.3 is 0 Å². The lowest BCUT2D eigenvalue weighted by molar-refractivity contribution is -0.605. The van der Waals surface area contributed by atoms with E-state index in [1.165, 1.54) is 12.4 Å². The maximum atomic E-state index is 13.3. The van der Waals surface area contributed by atoms with Crippen molar-refractivity contribution in [2.75, 3.05) is 26.2 Å². The second-order valence-corrected chi connectivity index (χ2v) is 10.2. The number of benzene rings is 1. The highest BCUT2D eigenvalue weighted by Crippen LogP contribution is 2.42. The molecule has 2 amide bonds. The SMILES string of the molecule is O=C(N[C@@H](CCN1CCC2(CC1)CCN(Cc1cc[n+]([O-])cc1)C2=O)c1ccccc1)C1CC1. The first-order chi connectivity index (χ1) is 16.5. The summed E-state index contributed by atoms with van der Waals surface area (Å²) in [5.74, 6) is 0.658. The molecule has 1 atom stereocenters. The van der Waals surface area contributed by atoms with Gasteiger partial charge in [0.1, 0.15) is 0 Å². The monoisotopic (exact) mass is 462 g/mol. The van der Waals surface area contributed by atoms with Crippen LogP contribution in [0.4, 0.5) is 0 Å². The van der Waals surface area contributed by atoms with Crippen LogP contribution in [0.25, 0.3) is 0 Å². The standard InChI is InChI=1S/C27H34N4O3/c32-25(23-6-7-23)28-24(22-4-2-1-3-5-22)10-14-29-17-11-27(12-18-29)13-19-30(26(27)33)20-21-8-15-31(34)16-9-21/h1-5,8-9,15-16,23-24H,6-7,10-14,17-20H2,(H,28,32)/t24-/m0/s1. The normalized spacial score (nSPS) is 21.1. The molecule has 1 spiro atoms. The van der Waals surface area contributed by atoms with Crippen LogP contribution in [-0.2, 0) is 16.1 Å². The van der Waals surface area contributed by atoms with Crippen LogP contribution in [0.2, 0.25) is 0 Å². The summed E-state index contributed by atoms with van der Waals surface area (Å²) in [7, 11) is 0. The molecule has 3 aliphatic rings. The van der Waals surface area contributed by atoms with Gasteiger partial charge in [0, 0.05) is 37.7 Å². The Morgan fingerprint density at radius 1 is 1.06 bits per heavy atom. The van der Waals surface area contributed by atoms with Gasteiger partial charge in [0.25, 0.3) is 0 Å². The number of carbonyl (C=O) groups is 2. The molecule has 2 aromatic rings. The van der Waals surface area contributed by atoms with E-state index in [9.17, 15) is 14.8 Å². The van der Waals surface area contributed by atoms with E-state index in [-0.39, 0.29) is 29.2 Å². The fourth-order valence-electron chi connectivity index (χ4n) is 5.44. The summed E-state index contributed by atoms with van der Waals surface area (Å²) in [4.78, 5) is 30.1. The van der Waals surface area contributed by atoms with E-state index >= 15 is 0 Å². The second kappa shape index (κ2) is 9.74. The Morgan fingerprint density at radius 2 is 1.74 bits per heavy atom. The van der Waals surface area contributed by atoms with E-state index in [1.807, 2.05) is 23.1 Å². The zero-order valence-corrected chi connectivity index (χ0v) is 19.7. The van der Waals surface area contributed by atoms with Crippen LogP contribution >= 0.6 is 0 Å². The van der Waals surface area contributed by atoms with Gasteiger partial charge in [0.05, 0.1) is 11.5 Å². The quantitative estimate of drug-likeness (QED) is 0.483. The third kappa shape index (κ3) is 5.09. The average Bonchev–Trinajstić information content (AvgIpc) is 3.68. The zero-order chi connectivity index (χ0) is 23.5. The van der Waals surface area contributed by atoms with Crippen molar-refractivity contribution in [1.82, 2.24) is 15.1 Å². The topological polar surface area (TPSA) is 79.6 Å². The molecule has 2 aliphatic heterocycles. The van der Waals surface area contributed by atoms with Crippen molar-refractivity contribution in [3.8, 4) is 0 Å². The van der Waals surface area contributed by atoms with E-state index in [2.05, 4.69) is 22.3 Å². The first-order valence-electron chi connectivity index (χ1n) is 12.6. The van der Waals surface area contributed by atoms with E-state index in [1.54, 1.807) is 12.1 Å². The number of amides is 2. The molecule has 180 valence electrons. The van der Waals surface area contributed by atoms with Gasteiger partial charge < -0.3 is 20.3 Å². The van der Waals surface area contributed by atoms with Crippen molar-refractivity contribution < 1.29 is 14.3 Å². The minimum atomic E-state index is -0.233. The Bertz CT molecular complexity index is 998. The van der Waals surface area contributed by atoms with Crippen molar-refractivity contribution in [3.05, 3.63) is 71.2 Å². The molecular weight excluding hydrogens is 428 g/mol. The lowest BCUT2D eigenvalue weighted by Crippen LogP contribution is -2.45. The van der Waals surface area contributed by atoms with Crippen molar-refractivity contribution in [2.45, 2.75) is 51.1 Å². The minimum absolute atomic E-state index is 0.0347. The summed E-state index contributed by atoms with van der Waals surface area (Å²) in [5, 5.41) is 14.5. The molecule has 1 aromatic heterocycles. The number of rotatable bonds is 8. The lowest BCUT2D eigenvalue weighted by atomic mass is 9.77. The molecule has 7 heteroatoms. The number of piperidine rings is 1. The summed E-state index contributed by atoms with van der Waals surface area (Å²) >= 11 is 0. The predicted octanol–water partition coefficient (Wildman–Crippen LogP) is 2.79. The van der Waals surface area contributed by atoms with Crippen LogP contribution in [-0.4, -0.2) is 47.8 Å². The molecule has 0 bridgehead atoms. The zero-order valence-electron chi connectivity index (χ0n) is 19.7. The van der Waals surface area contributed by atoms with E-state index in [4.69, 9.17) is 0 Å². The second-order valence-electron chi connectivity index (χ2n) is 10.2. The summed E-state index contributed by atoms with van der Waals surface area (Å²) in [6.07, 6.45) is 8.57. The molecule has 0 radical (unpaired) electrons. The average molecular weight is 463 g/mol. The van der Waals surface area contributed by atoms with Crippen molar-refractivity contribution in [2.24, 2.45) is 11.3 Å². The Balaban J connectivity index is 1.14. The van der Waals surface area contributed by atoms with Crippen molar-refractivity contribution in [3.63, 3.8) is 0 Å². The number of aromatic nitrogens is 1. The van der Waals surface area contributed by atoms with Gasteiger partial charge in [-0.25, -0.2) is 0 Å². The third-order valence-electron chi connectivity index (χ3n) is 7.86. The van der Waals surface area contributed by atoms with E-state index in [0.717, 1.165) is 80.6 Å². The molecule has 1 aromatic carbocycles. The molecular formula is C27H34N4O3. The summed E-state index contributed by atoms with van der Waals surface area (Å²) in [5.41, 5.74) is 1.92. The van der Waals surface area contributed by atoms with Gasteiger partial charge in [0.2, 0.25) is 11.8 Å². The molecule has 1 aliphatic carbocycles. The summed E-state index contributed by atoms with van der Waals surface area (Å²) in [6.45, 7) is 4.11. The molecule has 1 saturated carbocycles. The molecule has 2 saturated heterocycles. The maximum Gasteiger partial charge on any atom is 0.229 e. The number of pyridine rings is 1. The third-order valence-corrected chi connectivity index (χ3v) is 7.86. The van der Waals surface area contributed by atoms with Gasteiger partial charge in [-0.3, -0.25) is 9.59 Å². The van der Waals surface area contributed by atoms with Gasteiger partial charge in [-0.15, -0.1) is 0 Å². The van der Waals surface area contributed by atoms with E-state index in [0.29, 0.717) is 6.54 Å². The molecule has 7 nitrogen and oxygen atoms in total. The number of nitrogens with zero attached hydrogens (tertiary/aromatic N) is 3. The Kier molecular flexibility index (Phi) is 6.55. The Hall–Kier alpha value is -2.93. The van der Waals surface area contributed by atoms with Crippen LogP contribution in [0.15, 0.2) is 54.9 Å². The maximum absolute atomic E-state index is 13.3. The molecule has 0 unspecified atom stereocenters. The van der Waals surface area contributed by atoms with Crippen LogP contribution < -0.4 is 10.0 Å². The predicted molar refractivity (Wildman–Crippen MR) is 128 cm³/mol. The van der Waals surface area contributed by atoms with Crippen molar-refractivity contribution >= 4 is 11.8 Å². The Labute approximate surface area is 201 Å². The summed E-state index contributed by atoms with van der Waals surface area (Å²) < 4.78 is 0.770. The fraction of sp³-hybridized carbons (Fsp3) is 0.519. The number of hydrogen-bond acceptors (Lipinski definition) is 4. The summed E-state index contributed by atoms with van der Waals surface area (Å²) in [6, 6.07) is 13.9. The van der Waals surface area contributed by atoms with Crippen LogP contribution in [0.5, 0.6) is 0 Å². The van der Waals surface area contributed by atoms with Gasteiger partial charge in [0.15, 0.2) is 12.4 Å².